The van der Waals surface area contributed by atoms with E-state index in [0.717, 1.165) is 71.2 Å². The molecule has 7 heteroatoms. The zero-order chi connectivity index (χ0) is 19.6. The van der Waals surface area contributed by atoms with E-state index in [9.17, 15) is 9.59 Å². The van der Waals surface area contributed by atoms with Crippen LogP contribution in [-0.2, 0) is 20.9 Å². The Morgan fingerprint density at radius 3 is 2.71 bits per heavy atom. The number of amides is 2. The second-order valence-electron chi connectivity index (χ2n) is 8.94. The van der Waals surface area contributed by atoms with Gasteiger partial charge in [0.1, 0.15) is 5.60 Å². The maximum atomic E-state index is 12.9. The van der Waals surface area contributed by atoms with Crippen LogP contribution >= 0.6 is 0 Å². The molecule has 0 bridgehead atoms. The Bertz CT molecular complexity index is 689. The minimum Gasteiger partial charge on any atom is -0.365 e. The molecule has 1 spiro atoms. The van der Waals surface area contributed by atoms with E-state index in [-0.39, 0.29) is 17.2 Å². The lowest BCUT2D eigenvalue weighted by Gasteiger charge is -2.48. The fourth-order valence-corrected chi connectivity index (χ4v) is 5.04. The van der Waals surface area contributed by atoms with Gasteiger partial charge >= 0.3 is 0 Å². The van der Waals surface area contributed by atoms with Crippen molar-refractivity contribution in [2.24, 2.45) is 5.41 Å². The summed E-state index contributed by atoms with van der Waals surface area (Å²) in [6.07, 6.45) is 11.9. The highest BCUT2D eigenvalue weighted by Gasteiger charge is 2.45. The second-order valence-corrected chi connectivity index (χ2v) is 8.94. The standard InChI is InChI=1S/C21H32N4O3/c1-20(5-2-15-28-20)19(27)24-12-7-21(8-13-24)6-4-18(26)25(16-21)11-3-10-23-14-9-22-17-23/h9,14,17H,2-8,10-13,15-16H2,1H3/t20-/m0/s1. The summed E-state index contributed by atoms with van der Waals surface area (Å²) in [4.78, 5) is 33.4. The van der Waals surface area contributed by atoms with Gasteiger partial charge < -0.3 is 19.1 Å². The third-order valence-electron chi connectivity index (χ3n) is 6.93. The summed E-state index contributed by atoms with van der Waals surface area (Å²) < 4.78 is 7.80. The molecule has 3 fully saturated rings. The molecule has 0 unspecified atom stereocenters. The van der Waals surface area contributed by atoms with Crippen LogP contribution in [-0.4, -0.2) is 69.6 Å². The van der Waals surface area contributed by atoms with E-state index < -0.39 is 5.60 Å². The summed E-state index contributed by atoms with van der Waals surface area (Å²) >= 11 is 0. The number of ether oxygens (including phenoxy) is 1. The molecule has 1 aromatic rings. The molecule has 0 saturated carbocycles. The van der Waals surface area contributed by atoms with Crippen LogP contribution in [0.3, 0.4) is 0 Å². The van der Waals surface area contributed by atoms with Crippen molar-refractivity contribution >= 4 is 11.8 Å². The highest BCUT2D eigenvalue weighted by atomic mass is 16.5. The number of aryl methyl sites for hydroxylation is 1. The number of hydrogen-bond donors (Lipinski definition) is 0. The summed E-state index contributed by atoms with van der Waals surface area (Å²) in [5, 5.41) is 0. The Hall–Kier alpha value is -1.89. The number of carbonyl (C=O) groups is 2. The van der Waals surface area contributed by atoms with Gasteiger partial charge in [0.25, 0.3) is 5.91 Å². The monoisotopic (exact) mass is 388 g/mol. The quantitative estimate of drug-likeness (QED) is 0.774. The van der Waals surface area contributed by atoms with E-state index in [1.165, 1.54) is 0 Å². The molecule has 3 aliphatic heterocycles. The topological polar surface area (TPSA) is 67.7 Å². The molecule has 0 radical (unpaired) electrons. The molecule has 0 N–H and O–H groups in total. The summed E-state index contributed by atoms with van der Waals surface area (Å²) in [5.74, 6) is 0.436. The second kappa shape index (κ2) is 7.85. The van der Waals surface area contributed by atoms with Gasteiger partial charge in [-0.05, 0) is 50.9 Å². The van der Waals surface area contributed by atoms with E-state index in [1.54, 1.807) is 6.20 Å². The van der Waals surface area contributed by atoms with Crippen LogP contribution in [0.1, 0.15) is 51.9 Å². The molecule has 7 nitrogen and oxygen atoms in total. The van der Waals surface area contributed by atoms with Crippen molar-refractivity contribution in [3.8, 4) is 0 Å². The fourth-order valence-electron chi connectivity index (χ4n) is 5.04. The zero-order valence-electron chi connectivity index (χ0n) is 16.9. The molecule has 3 aliphatic rings. The first-order valence-corrected chi connectivity index (χ1v) is 10.7. The van der Waals surface area contributed by atoms with E-state index in [1.807, 2.05) is 24.3 Å². The van der Waals surface area contributed by atoms with Gasteiger partial charge in [-0.2, -0.15) is 0 Å². The predicted octanol–water partition coefficient (Wildman–Crippen LogP) is 2.07. The number of carbonyl (C=O) groups excluding carboxylic acids is 2. The first kappa shape index (κ1) is 19.4. The van der Waals surface area contributed by atoms with Crippen LogP contribution in [0.4, 0.5) is 0 Å². The number of piperidine rings is 2. The SMILES string of the molecule is C[C@@]1(C(=O)N2CCC3(CCC(=O)N(CCCn4ccnc4)C3)CC2)CCCO1. The Balaban J connectivity index is 1.30. The Morgan fingerprint density at radius 2 is 2.04 bits per heavy atom. The third kappa shape index (κ3) is 3.95. The number of imidazole rings is 1. The smallest absolute Gasteiger partial charge is 0.254 e. The van der Waals surface area contributed by atoms with Crippen molar-refractivity contribution in [2.75, 3.05) is 32.8 Å². The summed E-state index contributed by atoms with van der Waals surface area (Å²) in [7, 11) is 0. The molecule has 3 saturated heterocycles. The molecular weight excluding hydrogens is 356 g/mol. The predicted molar refractivity (Wildman–Crippen MR) is 104 cm³/mol. The molecule has 4 heterocycles. The minimum absolute atomic E-state index is 0.156. The Morgan fingerprint density at radius 1 is 1.21 bits per heavy atom. The van der Waals surface area contributed by atoms with E-state index in [2.05, 4.69) is 14.5 Å². The van der Waals surface area contributed by atoms with Crippen molar-refractivity contribution in [2.45, 2.75) is 64.0 Å². The Kier molecular flexibility index (Phi) is 5.45. The molecule has 0 aromatic carbocycles. The van der Waals surface area contributed by atoms with Crippen molar-refractivity contribution in [3.63, 3.8) is 0 Å². The minimum atomic E-state index is -0.619. The Labute approximate surface area is 167 Å². The molecule has 2 amide bonds. The van der Waals surface area contributed by atoms with Crippen molar-refractivity contribution < 1.29 is 14.3 Å². The lowest BCUT2D eigenvalue weighted by atomic mass is 9.72. The number of hydrogen-bond acceptors (Lipinski definition) is 4. The van der Waals surface area contributed by atoms with Crippen molar-refractivity contribution in [1.29, 1.82) is 0 Å². The van der Waals surface area contributed by atoms with Crippen LogP contribution in [0.25, 0.3) is 0 Å². The van der Waals surface area contributed by atoms with Gasteiger partial charge in [-0.25, -0.2) is 4.98 Å². The number of nitrogens with zero attached hydrogens (tertiary/aromatic N) is 4. The molecule has 0 aliphatic carbocycles. The highest BCUT2D eigenvalue weighted by molar-refractivity contribution is 5.85. The highest BCUT2D eigenvalue weighted by Crippen LogP contribution is 2.41. The number of likely N-dealkylation sites (tertiary alicyclic amines) is 2. The molecule has 154 valence electrons. The third-order valence-corrected chi connectivity index (χ3v) is 6.93. The largest absolute Gasteiger partial charge is 0.365 e. The maximum absolute atomic E-state index is 12.9. The van der Waals surface area contributed by atoms with Gasteiger partial charge in [0, 0.05) is 58.1 Å². The molecule has 1 atom stereocenters. The summed E-state index contributed by atoms with van der Waals surface area (Å²) in [5.41, 5.74) is -0.441. The maximum Gasteiger partial charge on any atom is 0.254 e. The molecule has 1 aromatic heterocycles. The number of rotatable bonds is 5. The summed E-state index contributed by atoms with van der Waals surface area (Å²) in [6, 6.07) is 0. The van der Waals surface area contributed by atoms with E-state index in [4.69, 9.17) is 4.74 Å². The van der Waals surface area contributed by atoms with Gasteiger partial charge in [0.2, 0.25) is 5.91 Å². The van der Waals surface area contributed by atoms with Crippen LogP contribution < -0.4 is 0 Å². The normalized spacial score (nSPS) is 27.5. The van der Waals surface area contributed by atoms with Crippen molar-refractivity contribution in [3.05, 3.63) is 18.7 Å². The van der Waals surface area contributed by atoms with Gasteiger partial charge in [-0.15, -0.1) is 0 Å². The number of aromatic nitrogens is 2. The van der Waals surface area contributed by atoms with Gasteiger partial charge in [0.15, 0.2) is 0 Å². The molecule has 28 heavy (non-hydrogen) atoms. The van der Waals surface area contributed by atoms with Gasteiger partial charge in [-0.1, -0.05) is 0 Å². The average Bonchev–Trinajstić information content (AvgIpc) is 3.37. The van der Waals surface area contributed by atoms with Crippen LogP contribution in [0.2, 0.25) is 0 Å². The lowest BCUT2D eigenvalue weighted by molar-refractivity contribution is -0.155. The van der Waals surface area contributed by atoms with Crippen LogP contribution in [0.15, 0.2) is 18.7 Å². The summed E-state index contributed by atoms with van der Waals surface area (Å²) in [6.45, 7) is 6.73. The van der Waals surface area contributed by atoms with Gasteiger partial charge in [0.05, 0.1) is 6.33 Å². The molecule has 4 rings (SSSR count). The van der Waals surface area contributed by atoms with Crippen LogP contribution in [0.5, 0.6) is 0 Å². The first-order chi connectivity index (χ1) is 13.5. The van der Waals surface area contributed by atoms with Crippen molar-refractivity contribution in [1.82, 2.24) is 19.4 Å². The zero-order valence-corrected chi connectivity index (χ0v) is 16.9. The fraction of sp³-hybridized carbons (Fsp3) is 0.762. The van der Waals surface area contributed by atoms with Crippen LogP contribution in [0, 0.1) is 5.41 Å². The first-order valence-electron chi connectivity index (χ1n) is 10.7. The van der Waals surface area contributed by atoms with E-state index >= 15 is 0 Å². The van der Waals surface area contributed by atoms with E-state index in [0.29, 0.717) is 13.0 Å². The molecular formula is C21H32N4O3. The van der Waals surface area contributed by atoms with Gasteiger partial charge in [-0.3, -0.25) is 9.59 Å². The lowest BCUT2D eigenvalue weighted by Crippen LogP contribution is -2.55. The average molecular weight is 389 g/mol.